The fourth-order valence-electron chi connectivity index (χ4n) is 3.36. The molecule has 3 aromatic rings. The molecule has 1 fully saturated rings. The molecule has 0 saturated carbocycles. The van der Waals surface area contributed by atoms with E-state index in [-0.39, 0.29) is 10.8 Å². The van der Waals surface area contributed by atoms with E-state index in [0.717, 1.165) is 5.75 Å². The number of hydrogen-bond acceptors (Lipinski definition) is 6. The lowest BCUT2D eigenvalue weighted by atomic mass is 10.2. The van der Waals surface area contributed by atoms with Gasteiger partial charge in [-0.05, 0) is 67.6 Å². The van der Waals surface area contributed by atoms with Crippen molar-refractivity contribution >= 4 is 21.6 Å². The molecule has 178 valence electrons. The lowest BCUT2D eigenvalue weighted by molar-refractivity contribution is -0.122. The zero-order valence-electron chi connectivity index (χ0n) is 18.7. The van der Waals surface area contributed by atoms with E-state index in [0.29, 0.717) is 43.5 Å². The van der Waals surface area contributed by atoms with Gasteiger partial charge < -0.3 is 19.5 Å². The lowest BCUT2D eigenvalue weighted by Crippen LogP contribution is -2.40. The van der Waals surface area contributed by atoms with Crippen LogP contribution in [0.2, 0.25) is 0 Å². The Morgan fingerprint density at radius 1 is 0.882 bits per heavy atom. The number of sulfonamides is 1. The molecule has 0 radical (unpaired) electrons. The van der Waals surface area contributed by atoms with Crippen LogP contribution < -0.4 is 14.8 Å². The molecule has 9 heteroatoms. The van der Waals surface area contributed by atoms with Crippen molar-refractivity contribution in [3.8, 4) is 17.2 Å². The van der Waals surface area contributed by atoms with Gasteiger partial charge in [-0.3, -0.25) is 4.79 Å². The van der Waals surface area contributed by atoms with Gasteiger partial charge in [-0.25, -0.2) is 8.42 Å². The zero-order valence-corrected chi connectivity index (χ0v) is 19.5. The minimum Gasteiger partial charge on any atom is -0.481 e. The molecule has 1 unspecified atom stereocenters. The van der Waals surface area contributed by atoms with Crippen LogP contribution in [0.25, 0.3) is 0 Å². The van der Waals surface area contributed by atoms with Gasteiger partial charge in [-0.2, -0.15) is 4.31 Å². The predicted octanol–water partition coefficient (Wildman–Crippen LogP) is 3.91. The minimum absolute atomic E-state index is 0.177. The maximum atomic E-state index is 12.7. The number of benzene rings is 3. The molecule has 1 heterocycles. The molecular formula is C25H26N2O6S. The van der Waals surface area contributed by atoms with Gasteiger partial charge in [0, 0.05) is 18.8 Å². The Hall–Kier alpha value is -3.40. The Morgan fingerprint density at radius 2 is 1.47 bits per heavy atom. The lowest BCUT2D eigenvalue weighted by Gasteiger charge is -2.26. The molecule has 1 saturated heterocycles. The largest absolute Gasteiger partial charge is 0.481 e. The maximum Gasteiger partial charge on any atom is 0.265 e. The third kappa shape index (κ3) is 5.93. The van der Waals surface area contributed by atoms with Crippen molar-refractivity contribution in [1.29, 1.82) is 0 Å². The summed E-state index contributed by atoms with van der Waals surface area (Å²) < 4.78 is 43.5. The van der Waals surface area contributed by atoms with E-state index in [2.05, 4.69) is 5.32 Å². The van der Waals surface area contributed by atoms with E-state index in [1.54, 1.807) is 43.3 Å². The standard InChI is InChI=1S/C25H26N2O6S/c1-19(25(28)26-20-7-9-23(10-8-20)33-21-5-3-2-4-6-21)32-22-11-13-24(14-12-22)34(29,30)27-15-17-31-18-16-27/h2-14,19H,15-18H2,1H3,(H,26,28). The Kier molecular flexibility index (Phi) is 7.46. The van der Waals surface area contributed by atoms with Crippen molar-refractivity contribution in [3.63, 3.8) is 0 Å². The van der Waals surface area contributed by atoms with E-state index in [4.69, 9.17) is 14.2 Å². The van der Waals surface area contributed by atoms with Crippen molar-refractivity contribution in [2.45, 2.75) is 17.9 Å². The Balaban J connectivity index is 1.31. The number of hydrogen-bond donors (Lipinski definition) is 1. The second kappa shape index (κ2) is 10.7. The normalized spacial score (nSPS) is 15.3. The molecule has 1 atom stereocenters. The first-order valence-electron chi connectivity index (χ1n) is 10.9. The van der Waals surface area contributed by atoms with Crippen molar-refractivity contribution in [2.24, 2.45) is 0 Å². The molecule has 1 N–H and O–H groups in total. The number of rotatable bonds is 8. The maximum absolute atomic E-state index is 12.7. The summed E-state index contributed by atoms with van der Waals surface area (Å²) in [7, 11) is -3.58. The van der Waals surface area contributed by atoms with E-state index < -0.39 is 16.1 Å². The highest BCUT2D eigenvalue weighted by Gasteiger charge is 2.26. The minimum atomic E-state index is -3.58. The number of anilines is 1. The second-order valence-electron chi connectivity index (χ2n) is 7.68. The molecule has 34 heavy (non-hydrogen) atoms. The topological polar surface area (TPSA) is 94.2 Å². The summed E-state index contributed by atoms with van der Waals surface area (Å²) in [6, 6.07) is 22.5. The Morgan fingerprint density at radius 3 is 2.12 bits per heavy atom. The zero-order chi connectivity index (χ0) is 24.0. The number of carbonyl (C=O) groups excluding carboxylic acids is 1. The van der Waals surface area contributed by atoms with Crippen LogP contribution in [0, 0.1) is 0 Å². The molecule has 1 amide bonds. The molecule has 4 rings (SSSR count). The number of ether oxygens (including phenoxy) is 3. The Bertz CT molecular complexity index is 1190. The summed E-state index contributed by atoms with van der Waals surface area (Å²) in [5, 5.41) is 2.80. The van der Waals surface area contributed by atoms with Gasteiger partial charge in [0.1, 0.15) is 17.2 Å². The average molecular weight is 483 g/mol. The van der Waals surface area contributed by atoms with Crippen LogP contribution in [0.1, 0.15) is 6.92 Å². The monoisotopic (exact) mass is 482 g/mol. The quantitative estimate of drug-likeness (QED) is 0.523. The second-order valence-corrected chi connectivity index (χ2v) is 9.61. The summed E-state index contributed by atoms with van der Waals surface area (Å²) in [4.78, 5) is 12.7. The van der Waals surface area contributed by atoms with Gasteiger partial charge in [0.15, 0.2) is 6.10 Å². The molecule has 3 aromatic carbocycles. The van der Waals surface area contributed by atoms with Crippen LogP contribution >= 0.6 is 0 Å². The summed E-state index contributed by atoms with van der Waals surface area (Å²) in [5.74, 6) is 1.45. The number of para-hydroxylation sites is 1. The molecule has 0 aliphatic carbocycles. The molecule has 8 nitrogen and oxygen atoms in total. The summed E-state index contributed by atoms with van der Waals surface area (Å²) in [5.41, 5.74) is 0.604. The smallest absolute Gasteiger partial charge is 0.265 e. The third-order valence-corrected chi connectivity index (χ3v) is 7.13. The molecule has 0 aromatic heterocycles. The first-order valence-corrected chi connectivity index (χ1v) is 12.3. The first-order chi connectivity index (χ1) is 16.4. The molecule has 1 aliphatic rings. The van der Waals surface area contributed by atoms with Crippen LogP contribution in [-0.2, 0) is 19.6 Å². The highest BCUT2D eigenvalue weighted by atomic mass is 32.2. The van der Waals surface area contributed by atoms with Gasteiger partial charge in [0.2, 0.25) is 10.0 Å². The summed E-state index contributed by atoms with van der Waals surface area (Å²) in [6.07, 6.45) is -0.790. The van der Waals surface area contributed by atoms with E-state index in [1.165, 1.54) is 16.4 Å². The van der Waals surface area contributed by atoms with E-state index in [9.17, 15) is 13.2 Å². The first kappa shape index (κ1) is 23.7. The fourth-order valence-corrected chi connectivity index (χ4v) is 4.77. The number of nitrogens with zero attached hydrogens (tertiary/aromatic N) is 1. The molecule has 1 aliphatic heterocycles. The van der Waals surface area contributed by atoms with E-state index in [1.807, 2.05) is 30.3 Å². The van der Waals surface area contributed by atoms with Crippen molar-refractivity contribution in [1.82, 2.24) is 4.31 Å². The van der Waals surface area contributed by atoms with E-state index >= 15 is 0 Å². The number of morpholine rings is 1. The molecule has 0 spiro atoms. The van der Waals surface area contributed by atoms with Crippen molar-refractivity contribution < 1.29 is 27.4 Å². The highest BCUT2D eigenvalue weighted by Crippen LogP contribution is 2.24. The van der Waals surface area contributed by atoms with Gasteiger partial charge in [0.25, 0.3) is 5.91 Å². The number of carbonyl (C=O) groups is 1. The Labute approximate surface area is 199 Å². The van der Waals surface area contributed by atoms with Crippen molar-refractivity contribution in [2.75, 3.05) is 31.6 Å². The van der Waals surface area contributed by atoms with Crippen LogP contribution in [0.5, 0.6) is 17.2 Å². The van der Waals surface area contributed by atoms with Crippen LogP contribution in [0.15, 0.2) is 83.8 Å². The average Bonchev–Trinajstić information content (AvgIpc) is 2.87. The number of amides is 1. The third-order valence-electron chi connectivity index (χ3n) is 5.21. The van der Waals surface area contributed by atoms with Crippen LogP contribution in [-0.4, -0.2) is 51.0 Å². The molecule has 0 bridgehead atoms. The van der Waals surface area contributed by atoms with Crippen LogP contribution in [0.4, 0.5) is 5.69 Å². The van der Waals surface area contributed by atoms with Gasteiger partial charge >= 0.3 is 0 Å². The SMILES string of the molecule is CC(Oc1ccc(S(=O)(=O)N2CCOCC2)cc1)C(=O)Nc1ccc(Oc2ccccc2)cc1. The number of nitrogens with one attached hydrogen (secondary N) is 1. The van der Waals surface area contributed by atoms with Gasteiger partial charge in [0.05, 0.1) is 18.1 Å². The van der Waals surface area contributed by atoms with Gasteiger partial charge in [-0.1, -0.05) is 18.2 Å². The fraction of sp³-hybridized carbons (Fsp3) is 0.240. The predicted molar refractivity (Wildman–Crippen MR) is 128 cm³/mol. The summed E-state index contributed by atoms with van der Waals surface area (Å²) >= 11 is 0. The van der Waals surface area contributed by atoms with Crippen molar-refractivity contribution in [3.05, 3.63) is 78.9 Å². The molecular weight excluding hydrogens is 456 g/mol. The van der Waals surface area contributed by atoms with Gasteiger partial charge in [-0.15, -0.1) is 0 Å². The summed E-state index contributed by atoms with van der Waals surface area (Å²) in [6.45, 7) is 3.06. The van der Waals surface area contributed by atoms with Crippen LogP contribution in [0.3, 0.4) is 0 Å². The highest BCUT2D eigenvalue weighted by molar-refractivity contribution is 7.89.